The number of hydrogen-bond donors (Lipinski definition) is 3. The number of aromatic hydroxyl groups is 2. The summed E-state index contributed by atoms with van der Waals surface area (Å²) in [5, 5.41) is 20.8. The van der Waals surface area contributed by atoms with Crippen molar-refractivity contribution in [2.75, 3.05) is 18.1 Å². The van der Waals surface area contributed by atoms with Crippen LogP contribution in [0.2, 0.25) is 0 Å². The quantitative estimate of drug-likeness (QED) is 0.229. The van der Waals surface area contributed by atoms with E-state index in [0.717, 1.165) is 54.9 Å². The predicted octanol–water partition coefficient (Wildman–Crippen LogP) is 4.67. The van der Waals surface area contributed by atoms with Crippen LogP contribution >= 0.6 is 24.6 Å². The van der Waals surface area contributed by atoms with E-state index < -0.39 is 0 Å². The zero-order valence-corrected chi connectivity index (χ0v) is 16.8. The molecule has 0 amide bonds. The molecule has 1 aromatic rings. The molecule has 1 aliphatic heterocycles. The fraction of sp³-hybridized carbons (Fsp3) is 0.600. The number of hydrogen-bond acceptors (Lipinski definition) is 5. The van der Waals surface area contributed by atoms with Crippen molar-refractivity contribution in [2.24, 2.45) is 5.92 Å². The molecule has 3 atom stereocenters. The predicted molar refractivity (Wildman–Crippen MR) is 110 cm³/mol. The van der Waals surface area contributed by atoms with E-state index in [-0.39, 0.29) is 16.9 Å². The van der Waals surface area contributed by atoms with Crippen molar-refractivity contribution in [3.8, 4) is 11.5 Å². The van der Waals surface area contributed by atoms with Gasteiger partial charge >= 0.3 is 0 Å². The summed E-state index contributed by atoms with van der Waals surface area (Å²) in [5.74, 6) is 2.47. The van der Waals surface area contributed by atoms with Crippen LogP contribution in [0.25, 0.3) is 0 Å². The highest BCUT2D eigenvalue weighted by Crippen LogP contribution is 2.54. The van der Waals surface area contributed by atoms with Crippen molar-refractivity contribution in [3.63, 3.8) is 0 Å². The Hall–Kier alpha value is -0.780. The Morgan fingerprint density at radius 2 is 2.12 bits per heavy atom. The number of piperidine rings is 1. The number of phenols is 2. The molecule has 5 heteroatoms. The second kappa shape index (κ2) is 7.85. The van der Waals surface area contributed by atoms with E-state index >= 15 is 0 Å². The molecular formula is C20H29NO2S2. The largest absolute Gasteiger partial charge is 0.504 e. The van der Waals surface area contributed by atoms with Crippen LogP contribution in [0, 0.1) is 12.8 Å². The lowest BCUT2D eigenvalue weighted by Gasteiger charge is -2.53. The molecule has 2 unspecified atom stereocenters. The van der Waals surface area contributed by atoms with Crippen LogP contribution < -0.4 is 0 Å². The molecule has 1 heterocycles. The van der Waals surface area contributed by atoms with Crippen LogP contribution in [0.3, 0.4) is 0 Å². The number of phenolic OH excluding ortho intramolecular Hbond substituents is 2. The van der Waals surface area contributed by atoms with E-state index in [9.17, 15) is 10.2 Å². The van der Waals surface area contributed by atoms with Crippen LogP contribution in [-0.2, 0) is 5.41 Å². The Bertz CT molecular complexity index is 649. The SMILES string of the molecule is Cc1ccc(O)c(O)c1[C@@]12CCC=CC1C(C)N(SCCCS)CC2. The third-order valence-electron chi connectivity index (χ3n) is 5.91. The minimum Gasteiger partial charge on any atom is -0.504 e. The van der Waals surface area contributed by atoms with Gasteiger partial charge in [-0.25, -0.2) is 4.31 Å². The Labute approximate surface area is 161 Å². The molecule has 1 fully saturated rings. The molecule has 1 aromatic carbocycles. The molecule has 3 nitrogen and oxygen atoms in total. The molecule has 0 saturated carbocycles. The third kappa shape index (κ3) is 3.43. The fourth-order valence-electron chi connectivity index (χ4n) is 4.70. The van der Waals surface area contributed by atoms with E-state index in [2.05, 4.69) is 42.9 Å². The highest BCUT2D eigenvalue weighted by Gasteiger charge is 2.49. The summed E-state index contributed by atoms with van der Waals surface area (Å²) in [4.78, 5) is 0. The van der Waals surface area contributed by atoms with Gasteiger partial charge in [-0.2, -0.15) is 12.6 Å². The molecule has 0 bridgehead atoms. The van der Waals surface area contributed by atoms with Crippen molar-refractivity contribution in [2.45, 2.75) is 51.0 Å². The first kappa shape index (κ1) is 19.0. The third-order valence-corrected chi connectivity index (χ3v) is 7.55. The van der Waals surface area contributed by atoms with Crippen molar-refractivity contribution >= 4 is 24.6 Å². The van der Waals surface area contributed by atoms with Crippen molar-refractivity contribution < 1.29 is 10.2 Å². The first-order chi connectivity index (χ1) is 12.0. The van der Waals surface area contributed by atoms with E-state index in [4.69, 9.17) is 0 Å². The Morgan fingerprint density at radius 1 is 1.32 bits per heavy atom. The molecule has 0 spiro atoms. The minimum absolute atomic E-state index is 0.00140. The topological polar surface area (TPSA) is 43.7 Å². The van der Waals surface area contributed by atoms with Gasteiger partial charge in [-0.15, -0.1) is 0 Å². The second-order valence-electron chi connectivity index (χ2n) is 7.32. The number of nitrogens with zero attached hydrogens (tertiary/aromatic N) is 1. The van der Waals surface area contributed by atoms with Crippen LogP contribution in [0.4, 0.5) is 0 Å². The monoisotopic (exact) mass is 379 g/mol. The molecule has 25 heavy (non-hydrogen) atoms. The van der Waals surface area contributed by atoms with Gasteiger partial charge in [0, 0.05) is 35.2 Å². The van der Waals surface area contributed by atoms with Gasteiger partial charge in [0.15, 0.2) is 11.5 Å². The first-order valence-electron chi connectivity index (χ1n) is 9.20. The highest BCUT2D eigenvalue weighted by molar-refractivity contribution is 7.97. The van der Waals surface area contributed by atoms with Crippen LogP contribution in [0.5, 0.6) is 11.5 Å². The maximum Gasteiger partial charge on any atom is 0.161 e. The lowest BCUT2D eigenvalue weighted by Crippen LogP contribution is -2.53. The number of aryl methyl sites for hydroxylation is 1. The summed E-state index contributed by atoms with van der Waals surface area (Å²) < 4.78 is 2.51. The lowest BCUT2D eigenvalue weighted by molar-refractivity contribution is 0.113. The molecular weight excluding hydrogens is 350 g/mol. The van der Waals surface area contributed by atoms with Crippen molar-refractivity contribution in [1.29, 1.82) is 0 Å². The molecule has 3 rings (SSSR count). The smallest absolute Gasteiger partial charge is 0.161 e. The number of fused-ring (bicyclic) bond motifs is 1. The minimum atomic E-state index is -0.0817. The standard InChI is InChI=1S/C20H29NO2S2/c1-14-7-8-17(22)19(23)18(14)20-9-4-3-6-16(20)15(2)21(11-10-20)25-13-5-12-24/h3,6-8,15-16,22-24H,4-5,9-13H2,1-2H3/t15?,16?,20-/m1/s1. The maximum atomic E-state index is 10.7. The Kier molecular flexibility index (Phi) is 5.96. The summed E-state index contributed by atoms with van der Waals surface area (Å²) in [7, 11) is 0. The summed E-state index contributed by atoms with van der Waals surface area (Å²) in [6.45, 7) is 5.37. The van der Waals surface area contributed by atoms with Gasteiger partial charge in [-0.3, -0.25) is 0 Å². The van der Waals surface area contributed by atoms with Gasteiger partial charge in [0.05, 0.1) is 0 Å². The average molecular weight is 380 g/mol. The number of thiol groups is 1. The molecule has 138 valence electrons. The van der Waals surface area contributed by atoms with Gasteiger partial charge in [-0.1, -0.05) is 30.2 Å². The molecule has 0 aromatic heterocycles. The number of allylic oxidation sites excluding steroid dienone is 1. The van der Waals surface area contributed by atoms with E-state index in [1.807, 2.05) is 18.0 Å². The summed E-state index contributed by atoms with van der Waals surface area (Å²) in [6, 6.07) is 3.94. The summed E-state index contributed by atoms with van der Waals surface area (Å²) in [5.41, 5.74) is 1.97. The number of benzene rings is 1. The van der Waals surface area contributed by atoms with Crippen LogP contribution in [-0.4, -0.2) is 38.6 Å². The summed E-state index contributed by atoms with van der Waals surface area (Å²) in [6.07, 6.45) is 8.84. The second-order valence-corrected chi connectivity index (χ2v) is 8.90. The van der Waals surface area contributed by atoms with E-state index in [1.54, 1.807) is 6.07 Å². The normalized spacial score (nSPS) is 29.6. The summed E-state index contributed by atoms with van der Waals surface area (Å²) >= 11 is 6.24. The van der Waals surface area contributed by atoms with Gasteiger partial charge in [0.2, 0.25) is 0 Å². The van der Waals surface area contributed by atoms with E-state index in [0.29, 0.717) is 12.0 Å². The highest BCUT2D eigenvalue weighted by atomic mass is 32.2. The van der Waals surface area contributed by atoms with Crippen LogP contribution in [0.15, 0.2) is 24.3 Å². The van der Waals surface area contributed by atoms with Crippen molar-refractivity contribution in [3.05, 3.63) is 35.4 Å². The van der Waals surface area contributed by atoms with E-state index in [1.165, 1.54) is 0 Å². The molecule has 2 aliphatic rings. The maximum absolute atomic E-state index is 10.7. The Balaban J connectivity index is 1.96. The first-order valence-corrected chi connectivity index (χ1v) is 10.8. The fourth-order valence-corrected chi connectivity index (χ4v) is 6.16. The van der Waals surface area contributed by atoms with Crippen LogP contribution in [0.1, 0.15) is 43.7 Å². The molecule has 1 saturated heterocycles. The zero-order valence-electron chi connectivity index (χ0n) is 15.1. The van der Waals surface area contributed by atoms with Gasteiger partial charge in [0.1, 0.15) is 0 Å². The molecule has 1 aliphatic carbocycles. The number of rotatable bonds is 5. The average Bonchev–Trinajstić information content (AvgIpc) is 2.61. The van der Waals surface area contributed by atoms with Gasteiger partial charge in [-0.05, 0) is 56.9 Å². The van der Waals surface area contributed by atoms with Crippen molar-refractivity contribution in [1.82, 2.24) is 4.31 Å². The Morgan fingerprint density at radius 3 is 2.88 bits per heavy atom. The van der Waals surface area contributed by atoms with Gasteiger partial charge in [0.25, 0.3) is 0 Å². The zero-order chi connectivity index (χ0) is 18.0. The van der Waals surface area contributed by atoms with Gasteiger partial charge < -0.3 is 10.2 Å². The molecule has 2 N–H and O–H groups in total. The molecule has 0 radical (unpaired) electrons. The lowest BCUT2D eigenvalue weighted by atomic mass is 9.58.